The standard InChI is InChI=1S/C20H22FNO4/c1-4-18(26-15-11-9-14(21)10-12-15)19(23)22-17-8-6-7-16(13(17)3)20(24)25-5-2/h6-12,18H,4-5H2,1-3H3,(H,22,23). The minimum atomic E-state index is -0.744. The number of carbonyl (C=O) groups excluding carboxylic acids is 2. The third kappa shape index (κ3) is 4.81. The van der Waals surface area contributed by atoms with Crippen molar-refractivity contribution in [1.29, 1.82) is 0 Å². The zero-order chi connectivity index (χ0) is 19.1. The molecule has 0 saturated heterocycles. The molecule has 1 N–H and O–H groups in total. The van der Waals surface area contributed by atoms with Crippen LogP contribution >= 0.6 is 0 Å². The van der Waals surface area contributed by atoms with Crippen LogP contribution in [-0.2, 0) is 9.53 Å². The largest absolute Gasteiger partial charge is 0.481 e. The highest BCUT2D eigenvalue weighted by atomic mass is 19.1. The summed E-state index contributed by atoms with van der Waals surface area (Å²) in [5.74, 6) is -0.747. The molecule has 0 saturated carbocycles. The first-order chi connectivity index (χ1) is 12.5. The fourth-order valence-electron chi connectivity index (χ4n) is 2.41. The van der Waals surface area contributed by atoms with Gasteiger partial charge in [-0.25, -0.2) is 9.18 Å². The van der Waals surface area contributed by atoms with Crippen molar-refractivity contribution >= 4 is 17.6 Å². The summed E-state index contributed by atoms with van der Waals surface area (Å²) in [4.78, 5) is 24.5. The molecule has 2 aromatic rings. The molecule has 1 atom stereocenters. The number of carbonyl (C=O) groups is 2. The minimum Gasteiger partial charge on any atom is -0.481 e. The maximum Gasteiger partial charge on any atom is 0.338 e. The van der Waals surface area contributed by atoms with Gasteiger partial charge in [0.05, 0.1) is 12.2 Å². The second kappa shape index (κ2) is 8.99. The van der Waals surface area contributed by atoms with Gasteiger partial charge in [-0.15, -0.1) is 0 Å². The highest BCUT2D eigenvalue weighted by molar-refractivity contribution is 5.98. The summed E-state index contributed by atoms with van der Waals surface area (Å²) in [5.41, 5.74) is 1.54. The van der Waals surface area contributed by atoms with Crippen LogP contribution in [0.3, 0.4) is 0 Å². The van der Waals surface area contributed by atoms with Gasteiger partial charge in [-0.1, -0.05) is 13.0 Å². The van der Waals surface area contributed by atoms with Gasteiger partial charge in [-0.2, -0.15) is 0 Å². The van der Waals surface area contributed by atoms with Crippen molar-refractivity contribution in [3.05, 3.63) is 59.4 Å². The number of rotatable bonds is 7. The van der Waals surface area contributed by atoms with Crippen LogP contribution in [0.1, 0.15) is 36.2 Å². The molecule has 0 aliphatic heterocycles. The van der Waals surface area contributed by atoms with E-state index in [1.54, 1.807) is 32.0 Å². The van der Waals surface area contributed by atoms with Crippen molar-refractivity contribution in [3.8, 4) is 5.75 Å². The first-order valence-corrected chi connectivity index (χ1v) is 8.46. The summed E-state index contributed by atoms with van der Waals surface area (Å²) in [6.45, 7) is 5.56. The number of hydrogen-bond donors (Lipinski definition) is 1. The van der Waals surface area contributed by atoms with Gasteiger partial charge in [0.15, 0.2) is 6.10 Å². The quantitative estimate of drug-likeness (QED) is 0.756. The number of anilines is 1. The van der Waals surface area contributed by atoms with Crippen LogP contribution in [0.15, 0.2) is 42.5 Å². The topological polar surface area (TPSA) is 64.6 Å². The molecule has 5 nitrogen and oxygen atoms in total. The number of hydrogen-bond acceptors (Lipinski definition) is 4. The van der Waals surface area contributed by atoms with Crippen LogP contribution in [0, 0.1) is 12.7 Å². The summed E-state index contributed by atoms with van der Waals surface area (Å²) in [5, 5.41) is 2.78. The lowest BCUT2D eigenvalue weighted by molar-refractivity contribution is -0.122. The Morgan fingerprint density at radius 3 is 2.42 bits per heavy atom. The van der Waals surface area contributed by atoms with Gasteiger partial charge in [0.1, 0.15) is 11.6 Å². The number of ether oxygens (including phenoxy) is 2. The van der Waals surface area contributed by atoms with Crippen molar-refractivity contribution in [2.24, 2.45) is 0 Å². The van der Waals surface area contributed by atoms with E-state index < -0.39 is 12.1 Å². The molecule has 138 valence electrons. The van der Waals surface area contributed by atoms with Crippen LogP contribution in [0.2, 0.25) is 0 Å². The molecule has 0 bridgehead atoms. The molecule has 0 spiro atoms. The normalized spacial score (nSPS) is 11.5. The Balaban J connectivity index is 2.13. The molecule has 0 radical (unpaired) electrons. The fourth-order valence-corrected chi connectivity index (χ4v) is 2.41. The Kier molecular flexibility index (Phi) is 6.72. The lowest BCUT2D eigenvalue weighted by Crippen LogP contribution is -2.32. The molecule has 1 unspecified atom stereocenters. The summed E-state index contributed by atoms with van der Waals surface area (Å²) < 4.78 is 23.6. The molecule has 0 aliphatic carbocycles. The lowest BCUT2D eigenvalue weighted by Gasteiger charge is -2.18. The summed E-state index contributed by atoms with van der Waals surface area (Å²) in [6, 6.07) is 10.5. The van der Waals surface area contributed by atoms with Gasteiger partial charge in [0.25, 0.3) is 5.91 Å². The van der Waals surface area contributed by atoms with Crippen LogP contribution in [0.5, 0.6) is 5.75 Å². The van der Waals surface area contributed by atoms with Crippen LogP contribution in [0.4, 0.5) is 10.1 Å². The maximum atomic E-state index is 13.0. The summed E-state index contributed by atoms with van der Waals surface area (Å²) >= 11 is 0. The highest BCUT2D eigenvalue weighted by Crippen LogP contribution is 2.21. The number of benzene rings is 2. The molecule has 2 rings (SSSR count). The third-order valence-corrected chi connectivity index (χ3v) is 3.84. The SMILES string of the molecule is CCOC(=O)c1cccc(NC(=O)C(CC)Oc2ccc(F)cc2)c1C. The molecule has 2 aromatic carbocycles. The number of nitrogens with one attached hydrogen (secondary N) is 1. The van der Waals surface area contributed by atoms with Crippen LogP contribution in [0.25, 0.3) is 0 Å². The third-order valence-electron chi connectivity index (χ3n) is 3.84. The second-order valence-electron chi connectivity index (χ2n) is 5.66. The van der Waals surface area contributed by atoms with E-state index in [-0.39, 0.29) is 18.3 Å². The summed E-state index contributed by atoms with van der Waals surface area (Å²) in [6.07, 6.45) is -0.314. The smallest absolute Gasteiger partial charge is 0.338 e. The number of halogens is 1. The Bertz CT molecular complexity index is 774. The average Bonchev–Trinajstić information content (AvgIpc) is 2.63. The molecule has 0 fully saturated rings. The number of amides is 1. The Morgan fingerprint density at radius 1 is 1.12 bits per heavy atom. The fraction of sp³-hybridized carbons (Fsp3) is 0.300. The van der Waals surface area contributed by atoms with Crippen molar-refractivity contribution < 1.29 is 23.5 Å². The zero-order valence-corrected chi connectivity index (χ0v) is 15.0. The van der Waals surface area contributed by atoms with Gasteiger partial charge >= 0.3 is 5.97 Å². The maximum absolute atomic E-state index is 13.0. The van der Waals surface area contributed by atoms with Gasteiger partial charge in [-0.3, -0.25) is 4.79 Å². The van der Waals surface area contributed by atoms with E-state index in [0.717, 1.165) is 0 Å². The minimum absolute atomic E-state index is 0.276. The first kappa shape index (κ1) is 19.4. The lowest BCUT2D eigenvalue weighted by atomic mass is 10.1. The Hall–Kier alpha value is -2.89. The van der Waals surface area contributed by atoms with Crippen LogP contribution < -0.4 is 10.1 Å². The molecule has 0 heterocycles. The van der Waals surface area contributed by atoms with Crippen molar-refractivity contribution in [2.75, 3.05) is 11.9 Å². The Labute approximate surface area is 152 Å². The number of esters is 1. The molecule has 0 aliphatic rings. The molecular formula is C20H22FNO4. The zero-order valence-electron chi connectivity index (χ0n) is 15.0. The van der Waals surface area contributed by atoms with Crippen molar-refractivity contribution in [3.63, 3.8) is 0 Å². The molecule has 6 heteroatoms. The monoisotopic (exact) mass is 359 g/mol. The van der Waals surface area contributed by atoms with E-state index in [0.29, 0.717) is 29.0 Å². The Morgan fingerprint density at radius 2 is 1.81 bits per heavy atom. The molecule has 0 aromatic heterocycles. The van der Waals surface area contributed by atoms with Crippen LogP contribution in [-0.4, -0.2) is 24.6 Å². The van der Waals surface area contributed by atoms with E-state index >= 15 is 0 Å². The van der Waals surface area contributed by atoms with Crippen molar-refractivity contribution in [2.45, 2.75) is 33.3 Å². The highest BCUT2D eigenvalue weighted by Gasteiger charge is 2.20. The summed E-state index contributed by atoms with van der Waals surface area (Å²) in [7, 11) is 0. The van der Waals surface area contributed by atoms with E-state index in [2.05, 4.69) is 5.32 Å². The van der Waals surface area contributed by atoms with Gasteiger partial charge in [0.2, 0.25) is 0 Å². The van der Waals surface area contributed by atoms with Gasteiger partial charge in [0, 0.05) is 5.69 Å². The first-order valence-electron chi connectivity index (χ1n) is 8.46. The van der Waals surface area contributed by atoms with Gasteiger partial charge in [-0.05, 0) is 62.2 Å². The molecule has 26 heavy (non-hydrogen) atoms. The van der Waals surface area contributed by atoms with E-state index in [4.69, 9.17) is 9.47 Å². The predicted octanol–water partition coefficient (Wildman–Crippen LogP) is 4.11. The second-order valence-corrected chi connectivity index (χ2v) is 5.66. The van der Waals surface area contributed by atoms with Crippen molar-refractivity contribution in [1.82, 2.24) is 0 Å². The molecular weight excluding hydrogens is 337 g/mol. The predicted molar refractivity (Wildman–Crippen MR) is 96.9 cm³/mol. The van der Waals surface area contributed by atoms with E-state index in [9.17, 15) is 14.0 Å². The van der Waals surface area contributed by atoms with Gasteiger partial charge < -0.3 is 14.8 Å². The molecule has 1 amide bonds. The average molecular weight is 359 g/mol. The van der Waals surface area contributed by atoms with E-state index in [1.807, 2.05) is 6.92 Å². The van der Waals surface area contributed by atoms with E-state index in [1.165, 1.54) is 24.3 Å².